The summed E-state index contributed by atoms with van der Waals surface area (Å²) < 4.78 is 11.8. The lowest BCUT2D eigenvalue weighted by molar-refractivity contribution is 0.0950. The second kappa shape index (κ2) is 5.32. The molecule has 0 radical (unpaired) electrons. The molecular weight excluding hydrogens is 322 g/mol. The van der Waals surface area contributed by atoms with E-state index in [4.69, 9.17) is 9.15 Å². The number of aryl methyl sites for hydroxylation is 1. The Morgan fingerprint density at radius 2 is 2.25 bits per heavy atom. The average molecular weight is 336 g/mol. The molecule has 0 aliphatic carbocycles. The van der Waals surface area contributed by atoms with Crippen molar-refractivity contribution in [1.29, 1.82) is 0 Å². The molecule has 1 aliphatic heterocycles. The van der Waals surface area contributed by atoms with Crippen LogP contribution in [0.5, 0.6) is 5.75 Å². The predicted octanol–water partition coefficient (Wildman–Crippen LogP) is 3.22. The van der Waals surface area contributed by atoms with Crippen molar-refractivity contribution in [3.8, 4) is 5.75 Å². The van der Waals surface area contributed by atoms with Gasteiger partial charge >= 0.3 is 0 Å². The Labute approximate surface area is 125 Å². The summed E-state index contributed by atoms with van der Waals surface area (Å²) >= 11 is 3.49. The number of ether oxygens (including phenoxy) is 1. The predicted molar refractivity (Wildman–Crippen MR) is 78.0 cm³/mol. The molecule has 2 heterocycles. The summed E-state index contributed by atoms with van der Waals surface area (Å²) in [6.45, 7) is 2.95. The topological polar surface area (TPSA) is 51.5 Å². The number of hydrogen-bond donors (Lipinski definition) is 1. The van der Waals surface area contributed by atoms with Crippen molar-refractivity contribution in [3.63, 3.8) is 0 Å². The van der Waals surface area contributed by atoms with Crippen LogP contribution in [0.3, 0.4) is 0 Å². The largest absolute Gasteiger partial charge is 0.493 e. The van der Waals surface area contributed by atoms with Crippen LogP contribution in [-0.2, 0) is 13.0 Å². The first-order valence-electron chi connectivity index (χ1n) is 6.41. The number of amides is 1. The van der Waals surface area contributed by atoms with Crippen LogP contribution >= 0.6 is 15.9 Å². The molecule has 104 valence electrons. The molecule has 20 heavy (non-hydrogen) atoms. The van der Waals surface area contributed by atoms with Gasteiger partial charge in [-0.25, -0.2) is 0 Å². The van der Waals surface area contributed by atoms with E-state index in [0.717, 1.165) is 28.0 Å². The van der Waals surface area contributed by atoms with Gasteiger partial charge < -0.3 is 14.5 Å². The SMILES string of the molecule is Cc1cc(C(=O)NCc2cc(Br)cc3c2OCC3)co1. The maximum atomic E-state index is 12.0. The van der Waals surface area contributed by atoms with Gasteiger partial charge in [-0.1, -0.05) is 15.9 Å². The van der Waals surface area contributed by atoms with Crippen molar-refractivity contribution in [2.75, 3.05) is 6.61 Å². The van der Waals surface area contributed by atoms with Gasteiger partial charge in [-0.05, 0) is 30.7 Å². The first kappa shape index (κ1) is 13.2. The summed E-state index contributed by atoms with van der Waals surface area (Å²) in [5.74, 6) is 1.48. The fourth-order valence-corrected chi connectivity index (χ4v) is 2.87. The van der Waals surface area contributed by atoms with Crippen molar-refractivity contribution in [3.05, 3.63) is 51.4 Å². The zero-order valence-electron chi connectivity index (χ0n) is 11.0. The van der Waals surface area contributed by atoms with E-state index < -0.39 is 0 Å². The van der Waals surface area contributed by atoms with Crippen molar-refractivity contribution in [1.82, 2.24) is 5.32 Å². The van der Waals surface area contributed by atoms with Crippen LogP contribution < -0.4 is 10.1 Å². The van der Waals surface area contributed by atoms with Crippen LogP contribution in [0.2, 0.25) is 0 Å². The highest BCUT2D eigenvalue weighted by Crippen LogP contribution is 2.32. The number of nitrogens with one attached hydrogen (secondary N) is 1. The smallest absolute Gasteiger partial charge is 0.254 e. The van der Waals surface area contributed by atoms with E-state index in [2.05, 4.69) is 27.3 Å². The first-order chi connectivity index (χ1) is 9.63. The maximum Gasteiger partial charge on any atom is 0.254 e. The molecule has 5 heteroatoms. The zero-order chi connectivity index (χ0) is 14.1. The minimum absolute atomic E-state index is 0.145. The van der Waals surface area contributed by atoms with E-state index in [-0.39, 0.29) is 5.91 Å². The van der Waals surface area contributed by atoms with Crippen molar-refractivity contribution >= 4 is 21.8 Å². The Morgan fingerprint density at radius 3 is 3.00 bits per heavy atom. The third kappa shape index (κ3) is 2.58. The van der Waals surface area contributed by atoms with Gasteiger partial charge in [0.2, 0.25) is 0 Å². The number of rotatable bonds is 3. The summed E-state index contributed by atoms with van der Waals surface area (Å²) in [5, 5.41) is 2.89. The van der Waals surface area contributed by atoms with Gasteiger partial charge in [0, 0.05) is 23.0 Å². The minimum Gasteiger partial charge on any atom is -0.493 e. The lowest BCUT2D eigenvalue weighted by atomic mass is 10.1. The van der Waals surface area contributed by atoms with Crippen LogP contribution in [-0.4, -0.2) is 12.5 Å². The highest BCUT2D eigenvalue weighted by molar-refractivity contribution is 9.10. The summed E-state index contributed by atoms with van der Waals surface area (Å²) in [5.41, 5.74) is 2.71. The van der Waals surface area contributed by atoms with Gasteiger partial charge in [0.15, 0.2) is 0 Å². The second-order valence-corrected chi connectivity index (χ2v) is 5.70. The normalized spacial score (nSPS) is 12.9. The number of carbonyl (C=O) groups excluding carboxylic acids is 1. The Bertz CT molecular complexity index is 663. The van der Waals surface area contributed by atoms with Crippen LogP contribution in [0.1, 0.15) is 27.2 Å². The van der Waals surface area contributed by atoms with E-state index in [1.807, 2.05) is 13.0 Å². The molecule has 0 saturated carbocycles. The lowest BCUT2D eigenvalue weighted by Gasteiger charge is -2.10. The molecule has 0 fully saturated rings. The van der Waals surface area contributed by atoms with E-state index in [1.54, 1.807) is 6.07 Å². The number of carbonyl (C=O) groups is 1. The fourth-order valence-electron chi connectivity index (χ4n) is 2.32. The molecule has 0 atom stereocenters. The van der Waals surface area contributed by atoms with Gasteiger partial charge in [-0.2, -0.15) is 0 Å². The van der Waals surface area contributed by atoms with E-state index in [1.165, 1.54) is 11.8 Å². The molecule has 0 spiro atoms. The molecule has 0 unspecified atom stereocenters. The Hall–Kier alpha value is -1.75. The van der Waals surface area contributed by atoms with Crippen LogP contribution in [0.4, 0.5) is 0 Å². The maximum absolute atomic E-state index is 12.0. The first-order valence-corrected chi connectivity index (χ1v) is 7.20. The summed E-state index contributed by atoms with van der Waals surface area (Å²) in [4.78, 5) is 12.0. The van der Waals surface area contributed by atoms with E-state index in [0.29, 0.717) is 18.7 Å². The highest BCUT2D eigenvalue weighted by Gasteiger charge is 2.18. The number of fused-ring (bicyclic) bond motifs is 1. The van der Waals surface area contributed by atoms with Crippen molar-refractivity contribution < 1.29 is 13.9 Å². The average Bonchev–Trinajstić information content (AvgIpc) is 3.03. The van der Waals surface area contributed by atoms with Gasteiger partial charge in [0.25, 0.3) is 5.91 Å². The van der Waals surface area contributed by atoms with Crippen LogP contribution in [0.25, 0.3) is 0 Å². The van der Waals surface area contributed by atoms with Gasteiger partial charge in [-0.3, -0.25) is 4.79 Å². The number of halogens is 1. The van der Waals surface area contributed by atoms with Crippen LogP contribution in [0, 0.1) is 6.92 Å². The quantitative estimate of drug-likeness (QED) is 0.936. The lowest BCUT2D eigenvalue weighted by Crippen LogP contribution is -2.22. The minimum atomic E-state index is -0.145. The summed E-state index contributed by atoms with van der Waals surface area (Å²) in [6, 6.07) is 5.76. The summed E-state index contributed by atoms with van der Waals surface area (Å²) in [6.07, 6.45) is 2.38. The monoisotopic (exact) mass is 335 g/mol. The number of furan rings is 1. The molecule has 0 saturated heterocycles. The van der Waals surface area contributed by atoms with Gasteiger partial charge in [0.05, 0.1) is 12.2 Å². The third-order valence-electron chi connectivity index (χ3n) is 3.26. The van der Waals surface area contributed by atoms with E-state index in [9.17, 15) is 4.79 Å². The molecule has 1 aromatic carbocycles. The zero-order valence-corrected chi connectivity index (χ0v) is 12.6. The van der Waals surface area contributed by atoms with Crippen molar-refractivity contribution in [2.24, 2.45) is 0 Å². The Kier molecular flexibility index (Phi) is 3.53. The molecule has 1 N–H and O–H groups in total. The molecule has 2 aromatic rings. The van der Waals surface area contributed by atoms with Gasteiger partial charge in [-0.15, -0.1) is 0 Å². The van der Waals surface area contributed by atoms with Crippen LogP contribution in [0.15, 0.2) is 33.4 Å². The molecule has 0 bridgehead atoms. The highest BCUT2D eigenvalue weighted by atomic mass is 79.9. The molecular formula is C15H14BrNO3. The van der Waals surface area contributed by atoms with E-state index >= 15 is 0 Å². The Balaban J connectivity index is 1.74. The molecule has 3 rings (SSSR count). The second-order valence-electron chi connectivity index (χ2n) is 4.78. The third-order valence-corrected chi connectivity index (χ3v) is 3.72. The number of benzene rings is 1. The Morgan fingerprint density at radius 1 is 1.40 bits per heavy atom. The van der Waals surface area contributed by atoms with Crippen molar-refractivity contribution in [2.45, 2.75) is 19.9 Å². The number of hydrogen-bond acceptors (Lipinski definition) is 3. The molecule has 1 aliphatic rings. The molecule has 4 nitrogen and oxygen atoms in total. The molecule has 1 aromatic heterocycles. The summed E-state index contributed by atoms with van der Waals surface area (Å²) in [7, 11) is 0. The standard InChI is InChI=1S/C15H14BrNO3/c1-9-4-12(8-20-9)15(18)17-7-11-6-13(16)5-10-2-3-19-14(10)11/h4-6,8H,2-3,7H2,1H3,(H,17,18). The van der Waals surface area contributed by atoms with Gasteiger partial charge in [0.1, 0.15) is 17.8 Å². The fraction of sp³-hybridized carbons (Fsp3) is 0.267. The molecule has 1 amide bonds.